The summed E-state index contributed by atoms with van der Waals surface area (Å²) in [5.74, 6) is -1.55. The fourth-order valence-corrected chi connectivity index (χ4v) is 5.74. The second kappa shape index (κ2) is 20.3. The van der Waals surface area contributed by atoms with E-state index in [-0.39, 0.29) is 61.9 Å². The van der Waals surface area contributed by atoms with E-state index < -0.39 is 56.3 Å². The van der Waals surface area contributed by atoms with Gasteiger partial charge in [0.05, 0.1) is 41.1 Å². The number of halogens is 11. The topological polar surface area (TPSA) is 171 Å². The second-order valence-electron chi connectivity index (χ2n) is 12.3. The summed E-state index contributed by atoms with van der Waals surface area (Å²) in [6.07, 6.45) is -9.33. The fourth-order valence-electron chi connectivity index (χ4n) is 4.91. The Morgan fingerprint density at radius 2 is 1.05 bits per heavy atom. The molecule has 12 nitrogen and oxygen atoms in total. The van der Waals surface area contributed by atoms with E-state index in [9.17, 15) is 55.4 Å². The average molecular weight is 978 g/mol. The van der Waals surface area contributed by atoms with Gasteiger partial charge in [-0.05, 0) is 101 Å². The van der Waals surface area contributed by atoms with Gasteiger partial charge < -0.3 is 19.5 Å². The van der Waals surface area contributed by atoms with Crippen LogP contribution in [0, 0.1) is 45.7 Å². The lowest BCUT2D eigenvalue weighted by atomic mass is 9.80. The molecule has 0 fully saturated rings. The minimum Gasteiger partial charge on any atom is -0.438 e. The second-order valence-corrected chi connectivity index (χ2v) is 13.9. The van der Waals surface area contributed by atoms with Crippen molar-refractivity contribution >= 4 is 63.1 Å². The van der Waals surface area contributed by atoms with Crippen LogP contribution < -0.4 is 14.9 Å². The van der Waals surface area contributed by atoms with E-state index in [1.165, 1.54) is 68.4 Å². The van der Waals surface area contributed by atoms with Crippen molar-refractivity contribution in [2.45, 2.75) is 26.2 Å². The molecule has 0 unspecified atom stereocenters. The maximum absolute atomic E-state index is 13.2. The predicted octanol–water partition coefficient (Wildman–Crippen LogP) is 11.6. The van der Waals surface area contributed by atoms with Crippen molar-refractivity contribution in [3.05, 3.63) is 166 Å². The largest absolute Gasteiger partial charge is 0.488 e. The highest BCUT2D eigenvalue weighted by atomic mass is 79.9. The minimum atomic E-state index is -4.70. The Kier molecular flexibility index (Phi) is 15.9. The zero-order valence-electron chi connectivity index (χ0n) is 31.1. The molecule has 4 aromatic carbocycles. The van der Waals surface area contributed by atoms with Crippen molar-refractivity contribution in [3.63, 3.8) is 0 Å². The SMILES string of the molecule is Cc1nc(Oc2ccc(Cl)c(C(F)(F)F)c2)c(-c2ccc(F)cc2)cc1[N+](=O)[O-].Cc1nc(Oc2ccc(Cl)c(C(F)(F)F)c2)c(Br)cc1[N+](=O)[O-].OB(O)c1ccc(F)cc1. The zero-order valence-corrected chi connectivity index (χ0v) is 34.2. The summed E-state index contributed by atoms with van der Waals surface area (Å²) in [7, 11) is -1.51. The molecule has 2 N–H and O–H groups in total. The van der Waals surface area contributed by atoms with Crippen LogP contribution in [0.2, 0.25) is 10.0 Å². The first-order valence-corrected chi connectivity index (χ1v) is 18.3. The average Bonchev–Trinajstić information content (AvgIpc) is 3.17. The molecule has 0 amide bonds. The normalized spacial score (nSPS) is 11.1. The predicted molar refractivity (Wildman–Crippen MR) is 214 cm³/mol. The Balaban J connectivity index is 0.000000227. The summed E-state index contributed by atoms with van der Waals surface area (Å²) >= 11 is 14.2. The van der Waals surface area contributed by atoms with Gasteiger partial charge in [-0.15, -0.1) is 0 Å². The van der Waals surface area contributed by atoms with Crippen LogP contribution in [-0.2, 0) is 12.4 Å². The molecule has 0 radical (unpaired) electrons. The number of alkyl halides is 6. The molecule has 324 valence electrons. The van der Waals surface area contributed by atoms with E-state index in [4.69, 9.17) is 42.7 Å². The third kappa shape index (κ3) is 13.0. The van der Waals surface area contributed by atoms with E-state index in [2.05, 4.69) is 25.9 Å². The molecule has 62 heavy (non-hydrogen) atoms. The summed E-state index contributed by atoms with van der Waals surface area (Å²) in [4.78, 5) is 28.7. The quantitative estimate of drug-likeness (QED) is 0.0647. The Morgan fingerprint density at radius 3 is 1.47 bits per heavy atom. The van der Waals surface area contributed by atoms with E-state index >= 15 is 0 Å². The number of rotatable bonds is 8. The number of nitrogens with zero attached hydrogens (tertiary/aromatic N) is 4. The van der Waals surface area contributed by atoms with Crippen molar-refractivity contribution in [2.75, 3.05) is 0 Å². The first-order valence-electron chi connectivity index (χ1n) is 16.8. The van der Waals surface area contributed by atoms with Gasteiger partial charge in [-0.25, -0.2) is 18.7 Å². The Labute approximate surface area is 362 Å². The minimum absolute atomic E-state index is 0.000806. The molecule has 0 aliphatic heterocycles. The molecule has 0 saturated carbocycles. The van der Waals surface area contributed by atoms with Crippen LogP contribution in [0.15, 0.2) is 102 Å². The van der Waals surface area contributed by atoms with Crippen molar-refractivity contribution < 1.29 is 64.5 Å². The van der Waals surface area contributed by atoms with Gasteiger partial charge in [0.15, 0.2) is 0 Å². The van der Waals surface area contributed by atoms with Gasteiger partial charge in [0.1, 0.15) is 34.5 Å². The maximum atomic E-state index is 13.2. The molecule has 6 aromatic rings. The Bertz CT molecular complexity index is 2590. The maximum Gasteiger partial charge on any atom is 0.488 e. The van der Waals surface area contributed by atoms with Crippen LogP contribution >= 0.6 is 39.1 Å². The van der Waals surface area contributed by atoms with Crippen molar-refractivity contribution in [1.29, 1.82) is 0 Å². The van der Waals surface area contributed by atoms with Gasteiger partial charge >= 0.3 is 19.5 Å². The number of aromatic nitrogens is 2. The van der Waals surface area contributed by atoms with Gasteiger partial charge in [0.25, 0.3) is 11.4 Å². The number of ether oxygens (including phenoxy) is 2. The monoisotopic (exact) mass is 976 g/mol. The highest BCUT2D eigenvalue weighted by molar-refractivity contribution is 9.10. The van der Waals surface area contributed by atoms with E-state index in [0.29, 0.717) is 17.1 Å². The molecular formula is C38H24BBrCl2F8N4O8. The summed E-state index contributed by atoms with van der Waals surface area (Å²) in [5, 5.41) is 38.2. The molecule has 0 bridgehead atoms. The molecule has 24 heteroatoms. The molecular weight excluding hydrogens is 954 g/mol. The van der Waals surface area contributed by atoms with E-state index in [0.717, 1.165) is 36.4 Å². The summed E-state index contributed by atoms with van der Waals surface area (Å²) in [6, 6.07) is 18.2. The molecule has 0 aliphatic carbocycles. The summed E-state index contributed by atoms with van der Waals surface area (Å²) in [6.45, 7) is 2.75. The van der Waals surface area contributed by atoms with Crippen molar-refractivity contribution in [2.24, 2.45) is 0 Å². The van der Waals surface area contributed by atoms with Crippen LogP contribution in [0.5, 0.6) is 23.3 Å². The Morgan fingerprint density at radius 1 is 0.645 bits per heavy atom. The molecule has 2 heterocycles. The molecule has 0 aliphatic rings. The van der Waals surface area contributed by atoms with Crippen LogP contribution in [0.3, 0.4) is 0 Å². The molecule has 0 saturated heterocycles. The molecule has 6 rings (SSSR count). The highest BCUT2D eigenvalue weighted by Gasteiger charge is 2.35. The fraction of sp³-hybridized carbons (Fsp3) is 0.105. The lowest BCUT2D eigenvalue weighted by Crippen LogP contribution is -2.29. The van der Waals surface area contributed by atoms with Crippen molar-refractivity contribution in [1.82, 2.24) is 9.97 Å². The number of hydrogen-bond donors (Lipinski definition) is 2. The smallest absolute Gasteiger partial charge is 0.438 e. The van der Waals surface area contributed by atoms with Gasteiger partial charge in [-0.1, -0.05) is 47.5 Å². The third-order valence-corrected chi connectivity index (χ3v) is 9.12. The number of hydrogen-bond acceptors (Lipinski definition) is 10. The van der Waals surface area contributed by atoms with Gasteiger partial charge in [-0.2, -0.15) is 26.3 Å². The molecule has 0 atom stereocenters. The van der Waals surface area contributed by atoms with Crippen LogP contribution in [-0.4, -0.2) is 37.0 Å². The highest BCUT2D eigenvalue weighted by Crippen LogP contribution is 2.41. The summed E-state index contributed by atoms with van der Waals surface area (Å²) in [5.41, 5.74) is -1.89. The zero-order chi connectivity index (χ0) is 46.3. The third-order valence-electron chi connectivity index (χ3n) is 7.89. The number of aryl methyl sites for hydroxylation is 2. The number of benzene rings is 4. The van der Waals surface area contributed by atoms with E-state index in [1.54, 1.807) is 0 Å². The lowest BCUT2D eigenvalue weighted by molar-refractivity contribution is -0.385. The first kappa shape index (κ1) is 48.7. The Hall–Kier alpha value is -5.94. The summed E-state index contributed by atoms with van der Waals surface area (Å²) < 4.78 is 114. The first-order chi connectivity index (χ1) is 28.8. The number of nitro groups is 2. The number of pyridine rings is 2. The van der Waals surface area contributed by atoms with Gasteiger partial charge in [-0.3, -0.25) is 20.2 Å². The molecule has 2 aromatic heterocycles. The lowest BCUT2D eigenvalue weighted by Gasteiger charge is -2.14. The van der Waals surface area contributed by atoms with Crippen LogP contribution in [0.1, 0.15) is 22.5 Å². The van der Waals surface area contributed by atoms with Crippen molar-refractivity contribution in [3.8, 4) is 34.4 Å². The van der Waals surface area contributed by atoms with Crippen LogP contribution in [0.4, 0.5) is 46.5 Å². The molecule has 0 spiro atoms. The van der Waals surface area contributed by atoms with E-state index in [1.807, 2.05) is 0 Å². The van der Waals surface area contributed by atoms with Crippen LogP contribution in [0.25, 0.3) is 11.1 Å². The van der Waals surface area contributed by atoms with Gasteiger partial charge in [0.2, 0.25) is 11.8 Å². The standard InChI is InChI=1S/C19H11ClF4N2O3.C13H7BrClF3N2O3.C6H6BFO2/c1-10-17(26(27)28)9-14(11-2-4-12(21)5-3-11)18(25-10)29-13-6-7-16(20)15(8-13)19(22,23)24;1-6-11(20(21)22)5-9(14)12(19-6)23-7-2-3-10(15)8(4-7)13(16,17)18;8-6-3-1-5(2-4-6)7(9)10/h2-9H,1H3;2-5H,1H3;1-4,9-10H. The van der Waals surface area contributed by atoms with Gasteiger partial charge in [0, 0.05) is 12.1 Å².